The molecule has 0 aromatic heterocycles. The zero-order valence-corrected chi connectivity index (χ0v) is 6.23. The lowest BCUT2D eigenvalue weighted by Crippen LogP contribution is -2.31. The number of rotatable bonds is 1. The molecule has 2 nitrogen and oxygen atoms in total. The minimum absolute atomic E-state index is 0.0671. The zero-order chi connectivity index (χ0) is 6.69. The summed E-state index contributed by atoms with van der Waals surface area (Å²) in [6, 6.07) is 0. The van der Waals surface area contributed by atoms with Gasteiger partial charge in [0.1, 0.15) is 0 Å². The van der Waals surface area contributed by atoms with Crippen molar-refractivity contribution in [1.82, 2.24) is 0 Å². The van der Waals surface area contributed by atoms with Crippen LogP contribution in [0.15, 0.2) is 0 Å². The predicted octanol–water partition coefficient (Wildman–Crippen LogP) is 1.38. The van der Waals surface area contributed by atoms with Crippen LogP contribution in [0.3, 0.4) is 0 Å². The van der Waals surface area contributed by atoms with Crippen molar-refractivity contribution in [3.8, 4) is 0 Å². The molecule has 0 radical (unpaired) electrons. The van der Waals surface area contributed by atoms with E-state index in [1.807, 2.05) is 6.92 Å². The minimum atomic E-state index is -0.0671. The Bertz CT molecular complexity index is 87.1. The van der Waals surface area contributed by atoms with Crippen LogP contribution < -0.4 is 0 Å². The third-order valence-electron chi connectivity index (χ3n) is 1.35. The Morgan fingerprint density at radius 1 is 1.67 bits per heavy atom. The van der Waals surface area contributed by atoms with E-state index in [-0.39, 0.29) is 12.4 Å². The van der Waals surface area contributed by atoms with E-state index in [1.165, 1.54) is 0 Å². The lowest BCUT2D eigenvalue weighted by molar-refractivity contribution is -0.196. The standard InChI is InChI=1S/C6H11ClO2/c1-5-8-3-2-6(4-7)9-5/h5-6H,2-4H2,1H3. The van der Waals surface area contributed by atoms with Gasteiger partial charge in [-0.3, -0.25) is 0 Å². The van der Waals surface area contributed by atoms with Crippen LogP contribution in [0.4, 0.5) is 0 Å². The Morgan fingerprint density at radius 2 is 2.44 bits per heavy atom. The van der Waals surface area contributed by atoms with Crippen molar-refractivity contribution in [2.24, 2.45) is 0 Å². The molecule has 1 fully saturated rings. The van der Waals surface area contributed by atoms with E-state index in [9.17, 15) is 0 Å². The van der Waals surface area contributed by atoms with E-state index >= 15 is 0 Å². The molecule has 54 valence electrons. The predicted molar refractivity (Wildman–Crippen MR) is 35.6 cm³/mol. The first-order valence-corrected chi connectivity index (χ1v) is 3.69. The lowest BCUT2D eigenvalue weighted by Gasteiger charge is -2.26. The second-order valence-electron chi connectivity index (χ2n) is 2.14. The first-order chi connectivity index (χ1) is 4.33. The average molecular weight is 151 g/mol. The van der Waals surface area contributed by atoms with Crippen LogP contribution in [-0.2, 0) is 9.47 Å². The molecule has 1 aliphatic rings. The van der Waals surface area contributed by atoms with E-state index in [0.29, 0.717) is 5.88 Å². The summed E-state index contributed by atoms with van der Waals surface area (Å²) in [6.45, 7) is 2.66. The van der Waals surface area contributed by atoms with Gasteiger partial charge in [0.15, 0.2) is 6.29 Å². The second kappa shape index (κ2) is 3.40. The highest BCUT2D eigenvalue weighted by atomic mass is 35.5. The van der Waals surface area contributed by atoms with E-state index in [1.54, 1.807) is 0 Å². The molecule has 1 saturated heterocycles. The van der Waals surface area contributed by atoms with Crippen molar-refractivity contribution in [2.75, 3.05) is 12.5 Å². The molecule has 1 heterocycles. The maximum absolute atomic E-state index is 5.57. The van der Waals surface area contributed by atoms with Crippen LogP contribution >= 0.6 is 11.6 Å². The van der Waals surface area contributed by atoms with Gasteiger partial charge in [0.25, 0.3) is 0 Å². The molecule has 0 aromatic carbocycles. The summed E-state index contributed by atoms with van der Waals surface area (Å²) in [5.74, 6) is 0.577. The fourth-order valence-electron chi connectivity index (χ4n) is 0.857. The first-order valence-electron chi connectivity index (χ1n) is 3.16. The average Bonchev–Trinajstić information content (AvgIpc) is 1.88. The Balaban J connectivity index is 2.23. The SMILES string of the molecule is CC1OCCC(CCl)O1. The summed E-state index contributed by atoms with van der Waals surface area (Å²) in [6.07, 6.45) is 1.06. The highest BCUT2D eigenvalue weighted by molar-refractivity contribution is 6.18. The van der Waals surface area contributed by atoms with Gasteiger partial charge in [0, 0.05) is 5.88 Å². The molecule has 0 aliphatic carbocycles. The van der Waals surface area contributed by atoms with Gasteiger partial charge in [-0.15, -0.1) is 11.6 Å². The van der Waals surface area contributed by atoms with Crippen molar-refractivity contribution >= 4 is 11.6 Å². The Kier molecular flexibility index (Phi) is 2.76. The third-order valence-corrected chi connectivity index (χ3v) is 1.69. The van der Waals surface area contributed by atoms with Gasteiger partial charge < -0.3 is 9.47 Å². The largest absolute Gasteiger partial charge is 0.353 e. The normalized spacial score (nSPS) is 36.7. The molecule has 1 rings (SSSR count). The molecule has 9 heavy (non-hydrogen) atoms. The van der Waals surface area contributed by atoms with Crippen LogP contribution in [0.2, 0.25) is 0 Å². The Labute approximate surface area is 60.1 Å². The van der Waals surface area contributed by atoms with Crippen molar-refractivity contribution < 1.29 is 9.47 Å². The topological polar surface area (TPSA) is 18.5 Å². The molecule has 0 spiro atoms. The highest BCUT2D eigenvalue weighted by Crippen LogP contribution is 2.12. The molecular weight excluding hydrogens is 140 g/mol. The van der Waals surface area contributed by atoms with Gasteiger partial charge in [-0.25, -0.2) is 0 Å². The summed E-state index contributed by atoms with van der Waals surface area (Å²) in [5, 5.41) is 0. The molecule has 2 atom stereocenters. The molecule has 0 saturated carbocycles. The van der Waals surface area contributed by atoms with Crippen LogP contribution in [-0.4, -0.2) is 24.9 Å². The quantitative estimate of drug-likeness (QED) is 0.526. The number of hydrogen-bond acceptors (Lipinski definition) is 2. The first kappa shape index (κ1) is 7.32. The van der Waals surface area contributed by atoms with E-state index in [2.05, 4.69) is 0 Å². The van der Waals surface area contributed by atoms with Gasteiger partial charge in [-0.2, -0.15) is 0 Å². The second-order valence-corrected chi connectivity index (χ2v) is 2.45. The van der Waals surface area contributed by atoms with Crippen molar-refractivity contribution in [3.63, 3.8) is 0 Å². The maximum atomic E-state index is 5.57. The molecule has 0 amide bonds. The Hall–Kier alpha value is 0.210. The summed E-state index contributed by atoms with van der Waals surface area (Å²) in [5.41, 5.74) is 0. The van der Waals surface area contributed by atoms with Gasteiger partial charge in [-0.1, -0.05) is 0 Å². The fraction of sp³-hybridized carbons (Fsp3) is 1.00. The summed E-state index contributed by atoms with van der Waals surface area (Å²) in [7, 11) is 0. The summed E-state index contributed by atoms with van der Waals surface area (Å²) < 4.78 is 10.4. The van der Waals surface area contributed by atoms with E-state index in [4.69, 9.17) is 21.1 Å². The van der Waals surface area contributed by atoms with E-state index < -0.39 is 0 Å². The smallest absolute Gasteiger partial charge is 0.155 e. The van der Waals surface area contributed by atoms with Crippen molar-refractivity contribution in [1.29, 1.82) is 0 Å². The Morgan fingerprint density at radius 3 is 2.89 bits per heavy atom. The monoisotopic (exact) mass is 150 g/mol. The number of alkyl halides is 1. The minimum Gasteiger partial charge on any atom is -0.353 e. The number of hydrogen-bond donors (Lipinski definition) is 0. The fourth-order valence-corrected chi connectivity index (χ4v) is 1.08. The number of ether oxygens (including phenoxy) is 2. The highest BCUT2D eigenvalue weighted by Gasteiger charge is 2.17. The zero-order valence-electron chi connectivity index (χ0n) is 5.47. The third kappa shape index (κ3) is 2.12. The molecule has 0 bridgehead atoms. The summed E-state index contributed by atoms with van der Waals surface area (Å²) >= 11 is 5.57. The molecule has 3 heteroatoms. The molecule has 2 unspecified atom stereocenters. The lowest BCUT2D eigenvalue weighted by atomic mass is 10.3. The van der Waals surface area contributed by atoms with Crippen LogP contribution in [0.5, 0.6) is 0 Å². The van der Waals surface area contributed by atoms with Gasteiger partial charge in [0.05, 0.1) is 12.7 Å². The van der Waals surface area contributed by atoms with Crippen molar-refractivity contribution in [3.05, 3.63) is 0 Å². The maximum Gasteiger partial charge on any atom is 0.155 e. The molecule has 0 N–H and O–H groups in total. The van der Waals surface area contributed by atoms with Gasteiger partial charge >= 0.3 is 0 Å². The molecule has 1 aliphatic heterocycles. The molecular formula is C6H11ClO2. The van der Waals surface area contributed by atoms with Crippen molar-refractivity contribution in [2.45, 2.75) is 25.7 Å². The van der Waals surface area contributed by atoms with E-state index in [0.717, 1.165) is 13.0 Å². The van der Waals surface area contributed by atoms with Gasteiger partial charge in [-0.05, 0) is 13.3 Å². The van der Waals surface area contributed by atoms with Crippen LogP contribution in [0.1, 0.15) is 13.3 Å². The van der Waals surface area contributed by atoms with Crippen LogP contribution in [0.25, 0.3) is 0 Å². The summed E-state index contributed by atoms with van der Waals surface area (Å²) in [4.78, 5) is 0. The molecule has 0 aromatic rings. The van der Waals surface area contributed by atoms with Gasteiger partial charge in [0.2, 0.25) is 0 Å². The van der Waals surface area contributed by atoms with Crippen LogP contribution in [0, 0.1) is 0 Å². The number of halogens is 1.